The van der Waals surface area contributed by atoms with Crippen LogP contribution in [0.15, 0.2) is 36.8 Å². The summed E-state index contributed by atoms with van der Waals surface area (Å²) in [6, 6.07) is 4.23. The number of nitrogen functional groups attached to an aromatic ring is 1. The Kier molecular flexibility index (Phi) is 2.78. The second-order valence-electron chi connectivity index (χ2n) is 3.31. The first-order valence-corrected chi connectivity index (χ1v) is 4.67. The van der Waals surface area contributed by atoms with E-state index in [4.69, 9.17) is 5.73 Å². The highest BCUT2D eigenvalue weighted by molar-refractivity contribution is 5.47. The van der Waals surface area contributed by atoms with Crippen LogP contribution in [0.2, 0.25) is 0 Å². The lowest BCUT2D eigenvalue weighted by molar-refractivity contribution is 0.215. The van der Waals surface area contributed by atoms with Gasteiger partial charge in [0, 0.05) is 23.6 Å². The predicted molar refractivity (Wildman–Crippen MR) is 56.9 cm³/mol. The molecular weight excluding hydrogens is 209 g/mol. The van der Waals surface area contributed by atoms with Crippen molar-refractivity contribution in [2.75, 3.05) is 5.73 Å². The highest BCUT2D eigenvalue weighted by Crippen LogP contribution is 2.23. The third kappa shape index (κ3) is 1.99. The molecule has 16 heavy (non-hydrogen) atoms. The predicted octanol–water partition coefficient (Wildman–Crippen LogP) is 1.28. The molecule has 0 aromatic carbocycles. The monoisotopic (exact) mass is 219 g/mol. The van der Waals surface area contributed by atoms with Crippen molar-refractivity contribution in [3.63, 3.8) is 0 Å². The van der Waals surface area contributed by atoms with Gasteiger partial charge in [0.1, 0.15) is 11.9 Å². The van der Waals surface area contributed by atoms with Crippen LogP contribution in [0.5, 0.6) is 0 Å². The van der Waals surface area contributed by atoms with E-state index in [1.54, 1.807) is 6.07 Å². The average molecular weight is 219 g/mol. The molecule has 2 aromatic rings. The highest BCUT2D eigenvalue weighted by atomic mass is 19.1. The number of aromatic nitrogens is 2. The number of aliphatic hydroxyl groups is 1. The van der Waals surface area contributed by atoms with Crippen LogP contribution in [0.4, 0.5) is 10.1 Å². The summed E-state index contributed by atoms with van der Waals surface area (Å²) in [6.07, 6.45) is 3.05. The molecule has 3 N–H and O–H groups in total. The van der Waals surface area contributed by atoms with E-state index in [0.29, 0.717) is 16.9 Å². The molecule has 0 saturated carbocycles. The minimum Gasteiger partial charge on any atom is -0.398 e. The first-order chi connectivity index (χ1) is 7.68. The van der Waals surface area contributed by atoms with Gasteiger partial charge in [0.15, 0.2) is 0 Å². The fourth-order valence-corrected chi connectivity index (χ4v) is 1.35. The molecule has 0 radical (unpaired) electrons. The first-order valence-electron chi connectivity index (χ1n) is 4.67. The zero-order valence-electron chi connectivity index (χ0n) is 8.34. The number of nitrogens with zero attached hydrogens (tertiary/aromatic N) is 2. The maximum Gasteiger partial charge on any atom is 0.141 e. The van der Waals surface area contributed by atoms with Gasteiger partial charge < -0.3 is 10.8 Å². The molecule has 0 bridgehead atoms. The number of pyridine rings is 2. The number of hydrogen-bond donors (Lipinski definition) is 2. The van der Waals surface area contributed by atoms with E-state index in [2.05, 4.69) is 9.97 Å². The van der Waals surface area contributed by atoms with Crippen LogP contribution in [0.3, 0.4) is 0 Å². The highest BCUT2D eigenvalue weighted by Gasteiger charge is 2.14. The van der Waals surface area contributed by atoms with Gasteiger partial charge in [-0.1, -0.05) is 0 Å². The van der Waals surface area contributed by atoms with E-state index < -0.39 is 11.9 Å². The molecule has 4 nitrogen and oxygen atoms in total. The van der Waals surface area contributed by atoms with Gasteiger partial charge >= 0.3 is 0 Å². The smallest absolute Gasteiger partial charge is 0.141 e. The van der Waals surface area contributed by atoms with Crippen molar-refractivity contribution < 1.29 is 9.50 Å². The van der Waals surface area contributed by atoms with Gasteiger partial charge in [-0.3, -0.25) is 9.97 Å². The largest absolute Gasteiger partial charge is 0.398 e. The Labute approximate surface area is 91.6 Å². The molecule has 0 saturated heterocycles. The Morgan fingerprint density at radius 3 is 2.69 bits per heavy atom. The van der Waals surface area contributed by atoms with Crippen molar-refractivity contribution in [2.24, 2.45) is 0 Å². The first kappa shape index (κ1) is 10.5. The van der Waals surface area contributed by atoms with Gasteiger partial charge in [0.2, 0.25) is 0 Å². The van der Waals surface area contributed by atoms with Gasteiger partial charge in [0.25, 0.3) is 0 Å². The van der Waals surface area contributed by atoms with Crippen molar-refractivity contribution in [2.45, 2.75) is 6.10 Å². The molecule has 0 aliphatic carbocycles. The summed E-state index contributed by atoms with van der Waals surface area (Å²) in [5.74, 6) is -0.449. The number of hydrogen-bond acceptors (Lipinski definition) is 4. The lowest BCUT2D eigenvalue weighted by Crippen LogP contribution is -2.06. The average Bonchev–Trinajstić information content (AvgIpc) is 2.30. The van der Waals surface area contributed by atoms with Gasteiger partial charge in [-0.25, -0.2) is 4.39 Å². The maximum atomic E-state index is 12.7. The molecule has 0 aliphatic heterocycles. The number of anilines is 1. The van der Waals surface area contributed by atoms with Crippen LogP contribution in [0, 0.1) is 5.82 Å². The van der Waals surface area contributed by atoms with E-state index in [0.717, 1.165) is 6.20 Å². The molecule has 5 heteroatoms. The minimum atomic E-state index is -0.991. The van der Waals surface area contributed by atoms with E-state index in [1.807, 2.05) is 0 Å². The summed E-state index contributed by atoms with van der Waals surface area (Å²) >= 11 is 0. The Morgan fingerprint density at radius 1 is 1.25 bits per heavy atom. The molecular formula is C11H10FN3O. The van der Waals surface area contributed by atoms with Crippen LogP contribution >= 0.6 is 0 Å². The summed E-state index contributed by atoms with van der Waals surface area (Å²) in [6.45, 7) is 0. The third-order valence-corrected chi connectivity index (χ3v) is 2.21. The van der Waals surface area contributed by atoms with E-state index in [1.165, 1.54) is 24.5 Å². The fraction of sp³-hybridized carbons (Fsp3) is 0.0909. The summed E-state index contributed by atoms with van der Waals surface area (Å²) in [4.78, 5) is 7.66. The van der Waals surface area contributed by atoms with Crippen LogP contribution < -0.4 is 5.73 Å². The van der Waals surface area contributed by atoms with Gasteiger partial charge in [-0.05, 0) is 18.2 Å². The van der Waals surface area contributed by atoms with Crippen LogP contribution in [-0.4, -0.2) is 15.1 Å². The molecule has 0 spiro atoms. The van der Waals surface area contributed by atoms with Crippen molar-refractivity contribution in [3.05, 3.63) is 53.9 Å². The van der Waals surface area contributed by atoms with Crippen LogP contribution in [0.1, 0.15) is 17.4 Å². The molecule has 2 rings (SSSR count). The molecule has 0 amide bonds. The topological polar surface area (TPSA) is 72.0 Å². The van der Waals surface area contributed by atoms with E-state index in [9.17, 15) is 9.50 Å². The van der Waals surface area contributed by atoms with Gasteiger partial charge in [-0.2, -0.15) is 0 Å². The van der Waals surface area contributed by atoms with Crippen molar-refractivity contribution in [1.29, 1.82) is 0 Å². The summed E-state index contributed by atoms with van der Waals surface area (Å²) in [5, 5.41) is 9.96. The molecule has 0 fully saturated rings. The molecule has 2 aromatic heterocycles. The van der Waals surface area contributed by atoms with Crippen molar-refractivity contribution in [1.82, 2.24) is 9.97 Å². The number of nitrogens with two attached hydrogens (primary N) is 1. The van der Waals surface area contributed by atoms with Crippen LogP contribution in [0.25, 0.3) is 0 Å². The quantitative estimate of drug-likeness (QED) is 0.798. The molecule has 82 valence electrons. The van der Waals surface area contributed by atoms with E-state index >= 15 is 0 Å². The zero-order chi connectivity index (χ0) is 11.5. The normalized spacial score (nSPS) is 12.4. The third-order valence-electron chi connectivity index (χ3n) is 2.21. The SMILES string of the molecule is Nc1ccncc1C(O)c1ccc(F)cn1. The molecule has 0 aliphatic rings. The van der Waals surface area contributed by atoms with Gasteiger partial charge in [0.05, 0.1) is 11.9 Å². The zero-order valence-corrected chi connectivity index (χ0v) is 8.34. The minimum absolute atomic E-state index is 0.334. The Bertz CT molecular complexity index is 487. The van der Waals surface area contributed by atoms with Crippen molar-refractivity contribution in [3.8, 4) is 0 Å². The maximum absolute atomic E-state index is 12.7. The number of aliphatic hydroxyl groups excluding tert-OH is 1. The van der Waals surface area contributed by atoms with E-state index in [-0.39, 0.29) is 0 Å². The lowest BCUT2D eigenvalue weighted by Gasteiger charge is -2.11. The standard InChI is InChI=1S/C11H10FN3O/c12-7-1-2-10(15-5-7)11(16)8-6-14-4-3-9(8)13/h1-6,11,16H,(H2,13,14). The Balaban J connectivity index is 2.35. The summed E-state index contributed by atoms with van der Waals surface area (Å²) < 4.78 is 12.7. The lowest BCUT2D eigenvalue weighted by atomic mass is 10.1. The molecule has 2 heterocycles. The summed E-state index contributed by atoms with van der Waals surface area (Å²) in [7, 11) is 0. The number of rotatable bonds is 2. The Morgan fingerprint density at radius 2 is 2.06 bits per heavy atom. The molecule has 1 atom stereocenters. The Hall–Kier alpha value is -2.01. The van der Waals surface area contributed by atoms with Crippen LogP contribution in [-0.2, 0) is 0 Å². The van der Waals surface area contributed by atoms with Crippen molar-refractivity contribution >= 4 is 5.69 Å². The fourth-order valence-electron chi connectivity index (χ4n) is 1.35. The summed E-state index contributed by atoms with van der Waals surface area (Å²) in [5.41, 5.74) is 6.91. The molecule has 1 unspecified atom stereocenters. The second kappa shape index (κ2) is 4.24. The van der Waals surface area contributed by atoms with Gasteiger partial charge in [-0.15, -0.1) is 0 Å². The second-order valence-corrected chi connectivity index (χ2v) is 3.31. The number of halogens is 1.